The van der Waals surface area contributed by atoms with Crippen molar-refractivity contribution in [1.29, 1.82) is 0 Å². The van der Waals surface area contributed by atoms with Crippen LogP contribution >= 0.6 is 11.6 Å². The molecule has 1 atom stereocenters. The number of aryl methyl sites for hydroxylation is 1. The van der Waals surface area contributed by atoms with Gasteiger partial charge in [-0.3, -0.25) is 14.6 Å². The van der Waals surface area contributed by atoms with Crippen LogP contribution in [0.1, 0.15) is 46.0 Å². The number of hydrogen-bond acceptors (Lipinski definition) is 3. The van der Waals surface area contributed by atoms with Gasteiger partial charge in [-0.25, -0.2) is 0 Å². The van der Waals surface area contributed by atoms with Crippen molar-refractivity contribution in [1.82, 2.24) is 9.88 Å². The van der Waals surface area contributed by atoms with Crippen LogP contribution in [-0.2, 0) is 0 Å². The van der Waals surface area contributed by atoms with Gasteiger partial charge < -0.3 is 10.2 Å². The van der Waals surface area contributed by atoms with Crippen molar-refractivity contribution in [2.75, 3.05) is 18.4 Å². The summed E-state index contributed by atoms with van der Waals surface area (Å²) in [4.78, 5) is 31.1. The smallest absolute Gasteiger partial charge is 0.257 e. The second-order valence-corrected chi connectivity index (χ2v) is 7.29. The summed E-state index contributed by atoms with van der Waals surface area (Å²) in [5.74, 6) is 0.106. The van der Waals surface area contributed by atoms with Gasteiger partial charge in [0.15, 0.2) is 0 Å². The molecular formula is C20H22ClN3O2. The number of rotatable bonds is 3. The molecule has 0 bridgehead atoms. The van der Waals surface area contributed by atoms with E-state index in [9.17, 15) is 9.59 Å². The van der Waals surface area contributed by atoms with Crippen LogP contribution in [-0.4, -0.2) is 34.8 Å². The summed E-state index contributed by atoms with van der Waals surface area (Å²) < 4.78 is 0. The number of hydrogen-bond donors (Lipinski definition) is 1. The third-order valence-corrected chi connectivity index (χ3v) is 5.03. The first-order chi connectivity index (χ1) is 12.4. The number of amides is 2. The monoisotopic (exact) mass is 371 g/mol. The zero-order valence-electron chi connectivity index (χ0n) is 15.0. The molecule has 26 heavy (non-hydrogen) atoms. The lowest BCUT2D eigenvalue weighted by atomic mass is 9.99. The van der Waals surface area contributed by atoms with Gasteiger partial charge >= 0.3 is 0 Å². The lowest BCUT2D eigenvalue weighted by Crippen LogP contribution is -2.39. The predicted octanol–water partition coefficient (Wildman–Crippen LogP) is 4.17. The molecular weight excluding hydrogens is 350 g/mol. The molecule has 5 nitrogen and oxygen atoms in total. The maximum absolute atomic E-state index is 12.7. The van der Waals surface area contributed by atoms with Gasteiger partial charge in [0.2, 0.25) is 0 Å². The summed E-state index contributed by atoms with van der Waals surface area (Å²) in [5.41, 5.74) is 2.33. The number of likely N-dealkylation sites (tertiary alicyclic amines) is 1. The molecule has 0 saturated carbocycles. The van der Waals surface area contributed by atoms with Gasteiger partial charge in [-0.15, -0.1) is 0 Å². The molecule has 1 N–H and O–H groups in total. The molecule has 1 aliphatic heterocycles. The first-order valence-corrected chi connectivity index (χ1v) is 9.13. The number of nitrogens with one attached hydrogen (secondary N) is 1. The molecule has 2 aromatic rings. The van der Waals surface area contributed by atoms with Crippen molar-refractivity contribution >= 4 is 29.1 Å². The predicted molar refractivity (Wildman–Crippen MR) is 103 cm³/mol. The van der Waals surface area contributed by atoms with Gasteiger partial charge in [0, 0.05) is 36.2 Å². The SMILES string of the molecule is Cc1ccc(NC(=O)c2cncc(C(=O)N3CCCC(C)C3)c2)cc1Cl. The third-order valence-electron chi connectivity index (χ3n) is 4.62. The van der Waals surface area contributed by atoms with Crippen molar-refractivity contribution in [3.05, 3.63) is 58.4 Å². The summed E-state index contributed by atoms with van der Waals surface area (Å²) in [6.07, 6.45) is 5.13. The lowest BCUT2D eigenvalue weighted by molar-refractivity contribution is 0.0682. The Balaban J connectivity index is 1.74. The Hall–Kier alpha value is -2.40. The van der Waals surface area contributed by atoms with Gasteiger partial charge in [0.05, 0.1) is 11.1 Å². The topological polar surface area (TPSA) is 62.3 Å². The minimum absolute atomic E-state index is 0.0721. The Labute approximate surface area is 158 Å². The van der Waals surface area contributed by atoms with Gasteiger partial charge in [-0.2, -0.15) is 0 Å². The quantitative estimate of drug-likeness (QED) is 0.880. The summed E-state index contributed by atoms with van der Waals surface area (Å²) in [7, 11) is 0. The van der Waals surface area contributed by atoms with Crippen LogP contribution in [0.3, 0.4) is 0 Å². The van der Waals surface area contributed by atoms with Gasteiger partial charge in [-0.05, 0) is 49.4 Å². The van der Waals surface area contributed by atoms with E-state index in [0.29, 0.717) is 27.8 Å². The van der Waals surface area contributed by atoms with Crippen LogP contribution in [0.2, 0.25) is 5.02 Å². The Kier molecular flexibility index (Phi) is 5.57. The first-order valence-electron chi connectivity index (χ1n) is 8.76. The van der Waals surface area contributed by atoms with Gasteiger partial charge in [0.25, 0.3) is 11.8 Å². The van der Waals surface area contributed by atoms with E-state index in [0.717, 1.165) is 31.5 Å². The molecule has 6 heteroatoms. The summed E-state index contributed by atoms with van der Waals surface area (Å²) in [6, 6.07) is 6.93. The van der Waals surface area contributed by atoms with Crippen molar-refractivity contribution in [3.8, 4) is 0 Å². The molecule has 1 aliphatic rings. The van der Waals surface area contributed by atoms with Crippen molar-refractivity contribution in [3.63, 3.8) is 0 Å². The van der Waals surface area contributed by atoms with Crippen molar-refractivity contribution in [2.24, 2.45) is 5.92 Å². The highest BCUT2D eigenvalue weighted by atomic mass is 35.5. The van der Waals surface area contributed by atoms with Crippen molar-refractivity contribution in [2.45, 2.75) is 26.7 Å². The fourth-order valence-electron chi connectivity index (χ4n) is 3.11. The fraction of sp³-hybridized carbons (Fsp3) is 0.350. The number of benzene rings is 1. The van der Waals surface area contributed by atoms with Gasteiger partial charge in [-0.1, -0.05) is 24.6 Å². The summed E-state index contributed by atoms with van der Waals surface area (Å²) >= 11 is 6.09. The number of anilines is 1. The van der Waals surface area contributed by atoms with E-state index in [2.05, 4.69) is 17.2 Å². The molecule has 0 spiro atoms. The Morgan fingerprint density at radius 1 is 1.23 bits per heavy atom. The van der Waals surface area contributed by atoms with E-state index in [1.165, 1.54) is 12.4 Å². The molecule has 1 aromatic heterocycles. The highest BCUT2D eigenvalue weighted by Crippen LogP contribution is 2.21. The molecule has 0 radical (unpaired) electrons. The lowest BCUT2D eigenvalue weighted by Gasteiger charge is -2.30. The van der Waals surface area contributed by atoms with E-state index < -0.39 is 0 Å². The van der Waals surface area contributed by atoms with E-state index in [1.807, 2.05) is 17.9 Å². The standard InChI is InChI=1S/C20H22ClN3O2/c1-13-4-3-7-24(12-13)20(26)16-8-15(10-22-11-16)19(25)23-17-6-5-14(2)18(21)9-17/h5-6,8-11,13H,3-4,7,12H2,1-2H3,(H,23,25). The van der Waals surface area contributed by atoms with Crippen LogP contribution in [0.25, 0.3) is 0 Å². The molecule has 136 valence electrons. The molecule has 3 rings (SSSR count). The van der Waals surface area contributed by atoms with Crippen molar-refractivity contribution < 1.29 is 9.59 Å². The Morgan fingerprint density at radius 3 is 2.73 bits per heavy atom. The highest BCUT2D eigenvalue weighted by molar-refractivity contribution is 6.31. The molecule has 1 saturated heterocycles. The average molecular weight is 372 g/mol. The molecule has 0 aliphatic carbocycles. The van der Waals surface area contributed by atoms with Crippen LogP contribution < -0.4 is 5.32 Å². The molecule has 1 unspecified atom stereocenters. The maximum atomic E-state index is 12.7. The van der Waals surface area contributed by atoms with Crippen LogP contribution in [0.4, 0.5) is 5.69 Å². The first kappa shape index (κ1) is 18.4. The average Bonchev–Trinajstić information content (AvgIpc) is 2.64. The van der Waals surface area contributed by atoms with E-state index >= 15 is 0 Å². The number of carbonyl (C=O) groups excluding carboxylic acids is 2. The number of nitrogens with zero attached hydrogens (tertiary/aromatic N) is 2. The normalized spacial score (nSPS) is 17.0. The van der Waals surface area contributed by atoms with E-state index in [4.69, 9.17) is 11.6 Å². The second kappa shape index (κ2) is 7.87. The summed E-state index contributed by atoms with van der Waals surface area (Å²) in [6.45, 7) is 5.54. The maximum Gasteiger partial charge on any atom is 0.257 e. The summed E-state index contributed by atoms with van der Waals surface area (Å²) in [5, 5.41) is 3.38. The number of carbonyl (C=O) groups is 2. The van der Waals surface area contributed by atoms with Crippen LogP contribution in [0.15, 0.2) is 36.7 Å². The second-order valence-electron chi connectivity index (χ2n) is 6.88. The van der Waals surface area contributed by atoms with E-state index in [-0.39, 0.29) is 11.8 Å². The minimum atomic E-state index is -0.320. The van der Waals surface area contributed by atoms with E-state index in [1.54, 1.807) is 18.2 Å². The number of pyridine rings is 1. The molecule has 2 heterocycles. The fourth-order valence-corrected chi connectivity index (χ4v) is 3.29. The largest absolute Gasteiger partial charge is 0.338 e. The van der Waals surface area contributed by atoms with Crippen LogP contribution in [0, 0.1) is 12.8 Å². The molecule has 1 aromatic carbocycles. The zero-order chi connectivity index (χ0) is 18.7. The number of halogens is 1. The van der Waals surface area contributed by atoms with Gasteiger partial charge in [0.1, 0.15) is 0 Å². The number of aromatic nitrogens is 1. The zero-order valence-corrected chi connectivity index (χ0v) is 15.7. The molecule has 2 amide bonds. The Morgan fingerprint density at radius 2 is 2.00 bits per heavy atom. The van der Waals surface area contributed by atoms with Crippen LogP contribution in [0.5, 0.6) is 0 Å². The Bertz CT molecular complexity index is 838. The molecule has 1 fully saturated rings. The minimum Gasteiger partial charge on any atom is -0.338 e. The third kappa shape index (κ3) is 4.22. The highest BCUT2D eigenvalue weighted by Gasteiger charge is 2.23. The number of piperidine rings is 1.